The highest BCUT2D eigenvalue weighted by Crippen LogP contribution is 2.29. The smallest absolute Gasteiger partial charge is 0.243 e. The van der Waals surface area contributed by atoms with E-state index in [1.54, 1.807) is 22.5 Å². The van der Waals surface area contributed by atoms with Crippen LogP contribution >= 0.6 is 0 Å². The Hall–Kier alpha value is -0.950. The normalized spacial score (nSPS) is 21.6. The molecule has 0 radical (unpaired) electrons. The van der Waals surface area contributed by atoms with Gasteiger partial charge in [0, 0.05) is 25.2 Å². The van der Waals surface area contributed by atoms with Gasteiger partial charge in [0.1, 0.15) is 0 Å². The number of hydrogen-bond donors (Lipinski definition) is 2. The van der Waals surface area contributed by atoms with Crippen molar-refractivity contribution in [3.8, 4) is 0 Å². The molecule has 0 spiro atoms. The van der Waals surface area contributed by atoms with Gasteiger partial charge in [0.15, 0.2) is 0 Å². The topological polar surface area (TPSA) is 83.6 Å². The van der Waals surface area contributed by atoms with Crippen LogP contribution in [0.2, 0.25) is 0 Å². The average molecular weight is 312 g/mol. The molecule has 6 heteroatoms. The summed E-state index contributed by atoms with van der Waals surface area (Å²) in [5.74, 6) is 0. The van der Waals surface area contributed by atoms with Gasteiger partial charge in [-0.15, -0.1) is 0 Å². The standard InChI is InChI=1S/C15H24N2O3S/c1-12(16)13-5-2-8-15(11-13)21(19,20)17-9-3-6-14(17)7-4-10-18/h2,5,8,11-12,14,18H,3-4,6-7,9-10,16H2,1H3. The molecule has 1 heterocycles. The first-order valence-electron chi connectivity index (χ1n) is 7.45. The molecule has 3 N–H and O–H groups in total. The van der Waals surface area contributed by atoms with E-state index in [4.69, 9.17) is 10.8 Å². The third kappa shape index (κ3) is 3.63. The Morgan fingerprint density at radius 1 is 1.48 bits per heavy atom. The van der Waals surface area contributed by atoms with Crippen molar-refractivity contribution >= 4 is 10.0 Å². The van der Waals surface area contributed by atoms with Crippen molar-refractivity contribution in [1.29, 1.82) is 0 Å². The van der Waals surface area contributed by atoms with E-state index in [9.17, 15) is 8.42 Å². The summed E-state index contributed by atoms with van der Waals surface area (Å²) in [5, 5.41) is 8.95. The SMILES string of the molecule is CC(N)c1cccc(S(=O)(=O)N2CCCC2CCCO)c1. The lowest BCUT2D eigenvalue weighted by atomic mass is 10.1. The number of rotatable bonds is 6. The Balaban J connectivity index is 2.26. The largest absolute Gasteiger partial charge is 0.396 e. The van der Waals surface area contributed by atoms with Gasteiger partial charge >= 0.3 is 0 Å². The van der Waals surface area contributed by atoms with Crippen molar-refractivity contribution < 1.29 is 13.5 Å². The lowest BCUT2D eigenvalue weighted by Gasteiger charge is -2.24. The second-order valence-electron chi connectivity index (χ2n) is 5.64. The van der Waals surface area contributed by atoms with Crippen molar-refractivity contribution in [2.24, 2.45) is 5.73 Å². The predicted molar refractivity (Wildman–Crippen MR) is 82.3 cm³/mol. The molecule has 1 fully saturated rings. The summed E-state index contributed by atoms with van der Waals surface area (Å²) in [6.45, 7) is 2.50. The molecular formula is C15H24N2O3S. The van der Waals surface area contributed by atoms with E-state index in [0.717, 1.165) is 18.4 Å². The quantitative estimate of drug-likeness (QED) is 0.836. The highest BCUT2D eigenvalue weighted by atomic mass is 32.2. The van der Waals surface area contributed by atoms with Gasteiger partial charge in [-0.05, 0) is 50.3 Å². The van der Waals surface area contributed by atoms with E-state index < -0.39 is 10.0 Å². The van der Waals surface area contributed by atoms with Crippen molar-refractivity contribution in [3.63, 3.8) is 0 Å². The fourth-order valence-corrected chi connectivity index (χ4v) is 4.61. The molecule has 0 aliphatic carbocycles. The van der Waals surface area contributed by atoms with Gasteiger partial charge < -0.3 is 10.8 Å². The second-order valence-corrected chi connectivity index (χ2v) is 7.53. The summed E-state index contributed by atoms with van der Waals surface area (Å²) < 4.78 is 27.2. The number of nitrogens with two attached hydrogens (primary N) is 1. The maximum absolute atomic E-state index is 12.8. The number of benzene rings is 1. The Morgan fingerprint density at radius 3 is 2.90 bits per heavy atom. The third-order valence-electron chi connectivity index (χ3n) is 4.01. The van der Waals surface area contributed by atoms with Crippen molar-refractivity contribution in [1.82, 2.24) is 4.31 Å². The molecule has 0 bridgehead atoms. The molecule has 2 unspecified atom stereocenters. The summed E-state index contributed by atoms with van der Waals surface area (Å²) in [4.78, 5) is 0.313. The van der Waals surface area contributed by atoms with E-state index in [-0.39, 0.29) is 18.7 Å². The molecule has 0 amide bonds. The molecule has 0 saturated carbocycles. The molecule has 5 nitrogen and oxygen atoms in total. The highest BCUT2D eigenvalue weighted by Gasteiger charge is 2.34. The minimum Gasteiger partial charge on any atom is -0.396 e. The first kappa shape index (κ1) is 16.4. The summed E-state index contributed by atoms with van der Waals surface area (Å²) in [6, 6.07) is 6.69. The molecule has 1 aliphatic rings. The van der Waals surface area contributed by atoms with Crippen molar-refractivity contribution in [2.45, 2.75) is 49.6 Å². The molecular weight excluding hydrogens is 288 g/mol. The average Bonchev–Trinajstić information content (AvgIpc) is 2.94. The van der Waals surface area contributed by atoms with Crippen LogP contribution < -0.4 is 5.73 Å². The van der Waals surface area contributed by atoms with Gasteiger partial charge in [-0.3, -0.25) is 0 Å². The monoisotopic (exact) mass is 312 g/mol. The summed E-state index contributed by atoms with van der Waals surface area (Å²) in [7, 11) is -3.48. The molecule has 118 valence electrons. The van der Waals surface area contributed by atoms with Crippen LogP contribution in [-0.4, -0.2) is 37.0 Å². The van der Waals surface area contributed by atoms with Crippen LogP contribution in [0.5, 0.6) is 0 Å². The second kappa shape index (κ2) is 6.87. The minimum atomic E-state index is -3.48. The van der Waals surface area contributed by atoms with Gasteiger partial charge in [0.25, 0.3) is 0 Å². The molecule has 1 aromatic rings. The van der Waals surface area contributed by atoms with Gasteiger partial charge in [-0.25, -0.2) is 8.42 Å². The molecule has 1 aromatic carbocycles. The maximum atomic E-state index is 12.8. The van der Waals surface area contributed by atoms with E-state index in [1.165, 1.54) is 0 Å². The molecule has 2 rings (SSSR count). The number of nitrogens with zero attached hydrogens (tertiary/aromatic N) is 1. The van der Waals surface area contributed by atoms with Gasteiger partial charge in [0.2, 0.25) is 10.0 Å². The lowest BCUT2D eigenvalue weighted by molar-refractivity contribution is 0.264. The summed E-state index contributed by atoms with van der Waals surface area (Å²) >= 11 is 0. The Morgan fingerprint density at radius 2 is 2.24 bits per heavy atom. The summed E-state index contributed by atoms with van der Waals surface area (Å²) in [6.07, 6.45) is 3.09. The van der Waals surface area contributed by atoms with Crippen LogP contribution in [0.3, 0.4) is 0 Å². The van der Waals surface area contributed by atoms with E-state index in [1.807, 2.05) is 13.0 Å². The van der Waals surface area contributed by atoms with Crippen LogP contribution in [0.15, 0.2) is 29.2 Å². The van der Waals surface area contributed by atoms with Crippen LogP contribution in [-0.2, 0) is 10.0 Å². The highest BCUT2D eigenvalue weighted by molar-refractivity contribution is 7.89. The Bertz CT molecular complexity index is 572. The summed E-state index contributed by atoms with van der Waals surface area (Å²) in [5.41, 5.74) is 6.66. The zero-order valence-electron chi connectivity index (χ0n) is 12.4. The first-order valence-corrected chi connectivity index (χ1v) is 8.89. The van der Waals surface area contributed by atoms with Gasteiger partial charge in [0.05, 0.1) is 4.90 Å². The van der Waals surface area contributed by atoms with Crippen LogP contribution in [0.1, 0.15) is 44.2 Å². The number of aliphatic hydroxyl groups is 1. The molecule has 0 aromatic heterocycles. The fraction of sp³-hybridized carbons (Fsp3) is 0.600. The minimum absolute atomic E-state index is 0.00102. The molecule has 21 heavy (non-hydrogen) atoms. The number of aliphatic hydroxyl groups excluding tert-OH is 1. The molecule has 2 atom stereocenters. The van der Waals surface area contributed by atoms with E-state index >= 15 is 0 Å². The fourth-order valence-electron chi connectivity index (χ4n) is 2.83. The van der Waals surface area contributed by atoms with Gasteiger partial charge in [-0.2, -0.15) is 4.31 Å². The Labute approximate surface area is 126 Å². The van der Waals surface area contributed by atoms with Crippen molar-refractivity contribution in [2.75, 3.05) is 13.2 Å². The zero-order chi connectivity index (χ0) is 15.5. The number of hydrogen-bond acceptors (Lipinski definition) is 4. The first-order chi connectivity index (χ1) is 9.96. The van der Waals surface area contributed by atoms with Crippen LogP contribution in [0.4, 0.5) is 0 Å². The molecule has 1 aliphatic heterocycles. The number of sulfonamides is 1. The molecule has 1 saturated heterocycles. The zero-order valence-corrected chi connectivity index (χ0v) is 13.2. The van der Waals surface area contributed by atoms with Crippen LogP contribution in [0, 0.1) is 0 Å². The predicted octanol–water partition coefficient (Wildman–Crippen LogP) is 1.63. The maximum Gasteiger partial charge on any atom is 0.243 e. The lowest BCUT2D eigenvalue weighted by Crippen LogP contribution is -2.35. The van der Waals surface area contributed by atoms with Gasteiger partial charge in [-0.1, -0.05) is 12.1 Å². The van der Waals surface area contributed by atoms with Crippen molar-refractivity contribution in [3.05, 3.63) is 29.8 Å². The Kier molecular flexibility index (Phi) is 5.37. The van der Waals surface area contributed by atoms with E-state index in [0.29, 0.717) is 24.3 Å². The van der Waals surface area contributed by atoms with Crippen LogP contribution in [0.25, 0.3) is 0 Å². The van der Waals surface area contributed by atoms with E-state index in [2.05, 4.69) is 0 Å². The third-order valence-corrected chi connectivity index (χ3v) is 5.96.